The first-order valence-electron chi connectivity index (χ1n) is 9.91. The summed E-state index contributed by atoms with van der Waals surface area (Å²) < 4.78 is 0. The molecule has 2 fully saturated rings. The quantitative estimate of drug-likeness (QED) is 0.317. The Hall–Kier alpha value is -2.68. The molecule has 1 heterocycles. The van der Waals surface area contributed by atoms with Crippen molar-refractivity contribution in [2.75, 3.05) is 6.54 Å². The maximum Gasteiger partial charge on any atom is 0.325 e. The number of imide groups is 1. The Morgan fingerprint density at radius 3 is 2.59 bits per heavy atom. The minimum atomic E-state index is -1.03. The number of aryl methyl sites for hydroxylation is 1. The Morgan fingerprint density at radius 2 is 1.90 bits per heavy atom. The second-order valence-electron chi connectivity index (χ2n) is 7.77. The van der Waals surface area contributed by atoms with Crippen LogP contribution in [-0.2, 0) is 16.0 Å². The van der Waals surface area contributed by atoms with Crippen molar-refractivity contribution in [1.29, 1.82) is 0 Å². The zero-order chi connectivity index (χ0) is 20.9. The van der Waals surface area contributed by atoms with Crippen molar-refractivity contribution in [1.82, 2.24) is 26.4 Å². The lowest BCUT2D eigenvalue weighted by Gasteiger charge is -2.21. The maximum absolute atomic E-state index is 12.8. The first-order valence-corrected chi connectivity index (χ1v) is 10.3. The molecular weight excluding hydrogens is 390 g/mol. The summed E-state index contributed by atoms with van der Waals surface area (Å²) in [7, 11) is 0. The molecule has 4 amide bonds. The van der Waals surface area contributed by atoms with Crippen LogP contribution in [0, 0.1) is 0 Å². The lowest BCUT2D eigenvalue weighted by atomic mass is 9.93. The molecule has 1 atom stereocenters. The Labute approximate surface area is 175 Å². The normalized spacial score (nSPS) is 21.8. The molecule has 3 rings (SSSR count). The van der Waals surface area contributed by atoms with Crippen molar-refractivity contribution < 1.29 is 14.4 Å². The molecule has 8 nitrogen and oxygen atoms in total. The number of benzene rings is 1. The number of hydrogen-bond acceptors (Lipinski definition) is 4. The predicted molar refractivity (Wildman–Crippen MR) is 113 cm³/mol. The van der Waals surface area contributed by atoms with E-state index in [1.807, 2.05) is 30.3 Å². The van der Waals surface area contributed by atoms with Crippen LogP contribution in [0.2, 0.25) is 0 Å². The van der Waals surface area contributed by atoms with E-state index in [0.29, 0.717) is 24.0 Å². The van der Waals surface area contributed by atoms with E-state index in [1.54, 1.807) is 6.92 Å². The minimum Gasteiger partial charge on any atom is -0.359 e. The molecule has 1 aromatic carbocycles. The summed E-state index contributed by atoms with van der Waals surface area (Å²) >= 11 is 5.16. The molecule has 0 bridgehead atoms. The lowest BCUT2D eigenvalue weighted by Crippen LogP contribution is -2.52. The van der Waals surface area contributed by atoms with Crippen LogP contribution in [0.5, 0.6) is 0 Å². The molecule has 9 heteroatoms. The molecule has 1 aromatic rings. The van der Waals surface area contributed by atoms with Crippen molar-refractivity contribution in [3.63, 3.8) is 0 Å². The second kappa shape index (κ2) is 9.21. The molecule has 1 aliphatic carbocycles. The highest BCUT2D eigenvalue weighted by Gasteiger charge is 2.47. The fourth-order valence-electron chi connectivity index (χ4n) is 3.70. The molecule has 1 saturated heterocycles. The molecule has 1 aliphatic heterocycles. The number of carbonyl (C=O) groups is 3. The zero-order valence-corrected chi connectivity index (χ0v) is 17.3. The van der Waals surface area contributed by atoms with Gasteiger partial charge in [-0.3, -0.25) is 25.3 Å². The molecule has 0 radical (unpaired) electrons. The van der Waals surface area contributed by atoms with Crippen LogP contribution in [0.15, 0.2) is 30.3 Å². The molecule has 4 N–H and O–H groups in total. The van der Waals surface area contributed by atoms with Gasteiger partial charge >= 0.3 is 6.03 Å². The minimum absolute atomic E-state index is 0.322. The van der Waals surface area contributed by atoms with Crippen molar-refractivity contribution >= 4 is 35.2 Å². The molecule has 0 spiro atoms. The highest BCUT2D eigenvalue weighted by atomic mass is 32.1. The number of hydrogen-bond donors (Lipinski definition) is 4. The summed E-state index contributed by atoms with van der Waals surface area (Å²) in [4.78, 5) is 38.2. The second-order valence-corrected chi connectivity index (χ2v) is 8.18. The number of carbonyl (C=O) groups excluding carboxylic acids is 3. The van der Waals surface area contributed by atoms with E-state index >= 15 is 0 Å². The Bertz CT molecular complexity index is 782. The number of nitrogens with one attached hydrogen (secondary N) is 4. The summed E-state index contributed by atoms with van der Waals surface area (Å²) in [5.74, 6) is -0.920. The van der Waals surface area contributed by atoms with Gasteiger partial charge in [0, 0.05) is 6.04 Å². The molecular formula is C20H27N5O3S. The molecule has 29 heavy (non-hydrogen) atoms. The summed E-state index contributed by atoms with van der Waals surface area (Å²) in [6, 6.07) is 9.51. The van der Waals surface area contributed by atoms with E-state index in [0.717, 1.165) is 23.3 Å². The van der Waals surface area contributed by atoms with Gasteiger partial charge in [-0.15, -0.1) is 0 Å². The third-order valence-electron chi connectivity index (χ3n) is 5.41. The molecule has 0 unspecified atom stereocenters. The van der Waals surface area contributed by atoms with Crippen LogP contribution in [0.4, 0.5) is 4.79 Å². The largest absolute Gasteiger partial charge is 0.359 e. The van der Waals surface area contributed by atoms with Gasteiger partial charge in [0.1, 0.15) is 12.1 Å². The van der Waals surface area contributed by atoms with Crippen molar-refractivity contribution in [3.8, 4) is 0 Å². The van der Waals surface area contributed by atoms with E-state index in [2.05, 4.69) is 21.5 Å². The average molecular weight is 418 g/mol. The molecule has 1 saturated carbocycles. The van der Waals surface area contributed by atoms with Gasteiger partial charge in [-0.05, 0) is 50.4 Å². The van der Waals surface area contributed by atoms with E-state index in [9.17, 15) is 14.4 Å². The van der Waals surface area contributed by atoms with Crippen LogP contribution in [0.25, 0.3) is 0 Å². The Kier molecular flexibility index (Phi) is 6.68. The van der Waals surface area contributed by atoms with E-state index in [1.165, 1.54) is 12.8 Å². The van der Waals surface area contributed by atoms with Gasteiger partial charge in [0.2, 0.25) is 0 Å². The topological polar surface area (TPSA) is 103 Å². The van der Waals surface area contributed by atoms with Crippen LogP contribution in [0.1, 0.15) is 44.6 Å². The van der Waals surface area contributed by atoms with E-state index in [4.69, 9.17) is 12.2 Å². The Balaban J connectivity index is 1.47. The van der Waals surface area contributed by atoms with Crippen LogP contribution >= 0.6 is 12.2 Å². The monoisotopic (exact) mass is 417 g/mol. The van der Waals surface area contributed by atoms with E-state index in [-0.39, 0.29) is 6.54 Å². The first kappa shape index (κ1) is 21.0. The third kappa shape index (κ3) is 5.44. The fraction of sp³-hybridized carbons (Fsp3) is 0.500. The third-order valence-corrected chi connectivity index (χ3v) is 5.63. The van der Waals surface area contributed by atoms with E-state index < -0.39 is 23.4 Å². The number of hydrazine groups is 1. The standard InChI is InChI=1S/C20H27N5O3S/c1-20(12-11-14-7-3-2-4-8-14)17(27)25(19(28)22-20)13-16(26)23-24-18(29)21-15-9-5-6-10-15/h2-4,7-8,15H,5-6,9-13H2,1H3,(H,22,28)(H,23,26)(H2,21,24,29)/t20-/m1/s1. The van der Waals surface area contributed by atoms with Gasteiger partial charge in [-0.1, -0.05) is 43.2 Å². The van der Waals surface area contributed by atoms with Crippen molar-refractivity contribution in [2.24, 2.45) is 0 Å². The maximum atomic E-state index is 12.8. The highest BCUT2D eigenvalue weighted by molar-refractivity contribution is 7.80. The number of urea groups is 1. The fourth-order valence-corrected chi connectivity index (χ4v) is 3.92. The summed E-state index contributed by atoms with van der Waals surface area (Å²) in [5.41, 5.74) is 5.13. The summed E-state index contributed by atoms with van der Waals surface area (Å²) in [6.45, 7) is 1.32. The summed E-state index contributed by atoms with van der Waals surface area (Å²) in [6.07, 6.45) is 5.54. The average Bonchev–Trinajstić information content (AvgIpc) is 3.28. The highest BCUT2D eigenvalue weighted by Crippen LogP contribution is 2.23. The molecule has 0 aromatic heterocycles. The van der Waals surface area contributed by atoms with Gasteiger partial charge in [-0.2, -0.15) is 0 Å². The van der Waals surface area contributed by atoms with Gasteiger partial charge in [0.05, 0.1) is 0 Å². The van der Waals surface area contributed by atoms with Crippen molar-refractivity contribution in [2.45, 2.75) is 57.0 Å². The number of nitrogens with zero attached hydrogens (tertiary/aromatic N) is 1. The number of rotatable bonds is 6. The van der Waals surface area contributed by atoms with Gasteiger partial charge in [0.15, 0.2) is 5.11 Å². The van der Waals surface area contributed by atoms with Gasteiger partial charge < -0.3 is 10.6 Å². The lowest BCUT2D eigenvalue weighted by molar-refractivity contribution is -0.134. The molecule has 156 valence electrons. The Morgan fingerprint density at radius 1 is 1.21 bits per heavy atom. The van der Waals surface area contributed by atoms with Crippen LogP contribution in [-0.4, -0.2) is 46.0 Å². The van der Waals surface area contributed by atoms with Crippen LogP contribution < -0.4 is 21.5 Å². The molecule has 2 aliphatic rings. The van der Waals surface area contributed by atoms with Crippen LogP contribution in [0.3, 0.4) is 0 Å². The summed E-state index contributed by atoms with van der Waals surface area (Å²) in [5, 5.41) is 6.18. The number of thiocarbonyl (C=S) groups is 1. The number of amides is 4. The van der Waals surface area contributed by atoms with Crippen molar-refractivity contribution in [3.05, 3.63) is 35.9 Å². The zero-order valence-electron chi connectivity index (χ0n) is 16.5. The predicted octanol–water partition coefficient (Wildman–Crippen LogP) is 1.37. The smallest absolute Gasteiger partial charge is 0.325 e. The SMILES string of the molecule is C[C@]1(CCc2ccccc2)NC(=O)N(CC(=O)NNC(=S)NC2CCCC2)C1=O. The van der Waals surface area contributed by atoms with Gasteiger partial charge in [-0.25, -0.2) is 4.79 Å². The van der Waals surface area contributed by atoms with Gasteiger partial charge in [0.25, 0.3) is 11.8 Å². The first-order chi connectivity index (χ1) is 13.9.